The monoisotopic (exact) mass is 406 g/mol. The van der Waals surface area contributed by atoms with E-state index in [0.717, 1.165) is 35.3 Å². The normalized spacial score (nSPS) is 15.0. The van der Waals surface area contributed by atoms with Gasteiger partial charge >= 0.3 is 0 Å². The summed E-state index contributed by atoms with van der Waals surface area (Å²) in [4.78, 5) is 16.9. The first-order valence-electron chi connectivity index (χ1n) is 7.50. The molecule has 4 heteroatoms. The van der Waals surface area contributed by atoms with Crippen LogP contribution < -0.4 is 4.90 Å². The number of para-hydroxylation sites is 1. The zero-order chi connectivity index (χ0) is 15.5. The quantitative estimate of drug-likeness (QED) is 0.713. The molecule has 1 heterocycles. The summed E-state index contributed by atoms with van der Waals surface area (Å²) >= 11 is 2.29. The number of anilines is 1. The number of nitrogens with zero attached hydrogens (tertiary/aromatic N) is 2. The zero-order valence-corrected chi connectivity index (χ0v) is 14.8. The van der Waals surface area contributed by atoms with Crippen molar-refractivity contribution in [2.45, 2.75) is 6.92 Å². The number of hydrogen-bond donors (Lipinski definition) is 0. The number of carbonyl (C=O) groups excluding carboxylic acids is 1. The molecular formula is C18H19IN2O. The SMILES string of the molecule is Cc1ccc(C(=O)N2CCN(c3ccccc3)CC2)cc1I. The summed E-state index contributed by atoms with van der Waals surface area (Å²) in [5.74, 6) is 0.144. The van der Waals surface area contributed by atoms with Gasteiger partial charge in [0, 0.05) is 41.0 Å². The van der Waals surface area contributed by atoms with Crippen LogP contribution in [0, 0.1) is 10.5 Å². The number of amides is 1. The molecule has 22 heavy (non-hydrogen) atoms. The molecule has 0 saturated carbocycles. The van der Waals surface area contributed by atoms with E-state index >= 15 is 0 Å². The minimum Gasteiger partial charge on any atom is -0.368 e. The van der Waals surface area contributed by atoms with E-state index < -0.39 is 0 Å². The van der Waals surface area contributed by atoms with Crippen molar-refractivity contribution in [3.8, 4) is 0 Å². The Morgan fingerprint density at radius 1 is 1.00 bits per heavy atom. The van der Waals surface area contributed by atoms with Gasteiger partial charge in [0.1, 0.15) is 0 Å². The number of benzene rings is 2. The highest BCUT2D eigenvalue weighted by Gasteiger charge is 2.22. The number of aryl methyl sites for hydroxylation is 1. The van der Waals surface area contributed by atoms with Crippen molar-refractivity contribution < 1.29 is 4.79 Å². The van der Waals surface area contributed by atoms with Crippen molar-refractivity contribution in [3.63, 3.8) is 0 Å². The number of hydrogen-bond acceptors (Lipinski definition) is 2. The summed E-state index contributed by atoms with van der Waals surface area (Å²) in [5, 5.41) is 0. The minimum absolute atomic E-state index is 0.144. The number of piperazine rings is 1. The summed E-state index contributed by atoms with van der Waals surface area (Å²) in [6.07, 6.45) is 0. The third-order valence-corrected chi connectivity index (χ3v) is 5.27. The van der Waals surface area contributed by atoms with E-state index in [1.54, 1.807) is 0 Å². The molecule has 3 rings (SSSR count). The third-order valence-electron chi connectivity index (χ3n) is 4.11. The second-order valence-corrected chi connectivity index (χ2v) is 6.74. The lowest BCUT2D eigenvalue weighted by Gasteiger charge is -2.36. The lowest BCUT2D eigenvalue weighted by molar-refractivity contribution is 0.0746. The Hall–Kier alpha value is -1.56. The summed E-state index contributed by atoms with van der Waals surface area (Å²) in [7, 11) is 0. The second-order valence-electron chi connectivity index (χ2n) is 5.58. The lowest BCUT2D eigenvalue weighted by Crippen LogP contribution is -2.48. The Kier molecular flexibility index (Phi) is 4.66. The highest BCUT2D eigenvalue weighted by Crippen LogP contribution is 2.18. The summed E-state index contributed by atoms with van der Waals surface area (Å²) < 4.78 is 1.14. The topological polar surface area (TPSA) is 23.6 Å². The highest BCUT2D eigenvalue weighted by molar-refractivity contribution is 14.1. The molecule has 1 aliphatic heterocycles. The van der Waals surface area contributed by atoms with E-state index in [2.05, 4.69) is 58.7 Å². The molecule has 2 aromatic carbocycles. The van der Waals surface area contributed by atoms with E-state index in [-0.39, 0.29) is 5.91 Å². The average Bonchev–Trinajstić information content (AvgIpc) is 2.58. The van der Waals surface area contributed by atoms with Gasteiger partial charge in [-0.05, 0) is 59.3 Å². The van der Waals surface area contributed by atoms with Gasteiger partial charge in [-0.15, -0.1) is 0 Å². The number of rotatable bonds is 2. The molecule has 1 aliphatic rings. The van der Waals surface area contributed by atoms with E-state index in [1.807, 2.05) is 29.2 Å². The summed E-state index contributed by atoms with van der Waals surface area (Å²) in [6, 6.07) is 16.3. The van der Waals surface area contributed by atoms with Crippen molar-refractivity contribution in [3.05, 3.63) is 63.2 Å². The molecule has 1 fully saturated rings. The Balaban J connectivity index is 1.66. The summed E-state index contributed by atoms with van der Waals surface area (Å²) in [6.45, 7) is 5.39. The van der Waals surface area contributed by atoms with Crippen LogP contribution in [0.5, 0.6) is 0 Å². The van der Waals surface area contributed by atoms with Crippen LogP contribution in [0.1, 0.15) is 15.9 Å². The smallest absolute Gasteiger partial charge is 0.254 e. The molecule has 0 unspecified atom stereocenters. The Morgan fingerprint density at radius 3 is 2.32 bits per heavy atom. The molecule has 0 radical (unpaired) electrons. The van der Waals surface area contributed by atoms with Crippen molar-refractivity contribution in [1.29, 1.82) is 0 Å². The molecule has 1 saturated heterocycles. The fourth-order valence-corrected chi connectivity index (χ4v) is 3.23. The van der Waals surface area contributed by atoms with E-state index in [4.69, 9.17) is 0 Å². The molecule has 0 spiro atoms. The lowest BCUT2D eigenvalue weighted by atomic mass is 10.1. The van der Waals surface area contributed by atoms with E-state index in [1.165, 1.54) is 11.3 Å². The molecule has 2 aromatic rings. The van der Waals surface area contributed by atoms with Gasteiger partial charge in [0.2, 0.25) is 0 Å². The fourth-order valence-electron chi connectivity index (χ4n) is 2.72. The largest absolute Gasteiger partial charge is 0.368 e. The fraction of sp³-hybridized carbons (Fsp3) is 0.278. The van der Waals surface area contributed by atoms with E-state index in [9.17, 15) is 4.79 Å². The van der Waals surface area contributed by atoms with Gasteiger partial charge in [0.05, 0.1) is 0 Å². The molecule has 3 nitrogen and oxygen atoms in total. The molecule has 0 N–H and O–H groups in total. The maximum Gasteiger partial charge on any atom is 0.254 e. The standard InChI is InChI=1S/C18H19IN2O/c1-14-7-8-15(13-17(14)19)18(22)21-11-9-20(10-12-21)16-5-3-2-4-6-16/h2-8,13H,9-12H2,1H3. The van der Waals surface area contributed by atoms with Crippen LogP contribution in [0.15, 0.2) is 48.5 Å². The van der Waals surface area contributed by atoms with Gasteiger partial charge in [-0.2, -0.15) is 0 Å². The first kappa shape index (κ1) is 15.3. The molecule has 0 bridgehead atoms. The van der Waals surface area contributed by atoms with Crippen LogP contribution in [0.3, 0.4) is 0 Å². The first-order valence-corrected chi connectivity index (χ1v) is 8.58. The van der Waals surface area contributed by atoms with Crippen LogP contribution in [0.4, 0.5) is 5.69 Å². The summed E-state index contributed by atoms with van der Waals surface area (Å²) in [5.41, 5.74) is 3.24. The van der Waals surface area contributed by atoms with Crippen LogP contribution in [-0.2, 0) is 0 Å². The predicted octanol–water partition coefficient (Wildman–Crippen LogP) is 3.56. The number of halogens is 1. The van der Waals surface area contributed by atoms with Crippen molar-refractivity contribution >= 4 is 34.2 Å². The molecular weight excluding hydrogens is 387 g/mol. The van der Waals surface area contributed by atoms with Crippen molar-refractivity contribution in [1.82, 2.24) is 4.90 Å². The van der Waals surface area contributed by atoms with Gasteiger partial charge in [0.25, 0.3) is 5.91 Å². The van der Waals surface area contributed by atoms with E-state index in [0.29, 0.717) is 0 Å². The molecule has 1 amide bonds. The average molecular weight is 406 g/mol. The highest BCUT2D eigenvalue weighted by atomic mass is 127. The van der Waals surface area contributed by atoms with Crippen LogP contribution in [0.25, 0.3) is 0 Å². The van der Waals surface area contributed by atoms with Crippen LogP contribution in [-0.4, -0.2) is 37.0 Å². The molecule has 114 valence electrons. The van der Waals surface area contributed by atoms with Crippen molar-refractivity contribution in [2.24, 2.45) is 0 Å². The van der Waals surface area contributed by atoms with Crippen LogP contribution >= 0.6 is 22.6 Å². The van der Waals surface area contributed by atoms with Gasteiger partial charge in [-0.1, -0.05) is 24.3 Å². The molecule has 0 atom stereocenters. The van der Waals surface area contributed by atoms with Gasteiger partial charge < -0.3 is 9.80 Å². The maximum absolute atomic E-state index is 12.6. The molecule has 0 aliphatic carbocycles. The van der Waals surface area contributed by atoms with Gasteiger partial charge in [-0.25, -0.2) is 0 Å². The zero-order valence-electron chi connectivity index (χ0n) is 12.6. The predicted molar refractivity (Wildman–Crippen MR) is 98.5 cm³/mol. The minimum atomic E-state index is 0.144. The second kappa shape index (κ2) is 6.69. The number of carbonyl (C=O) groups is 1. The van der Waals surface area contributed by atoms with Crippen LogP contribution in [0.2, 0.25) is 0 Å². The third kappa shape index (κ3) is 3.27. The Morgan fingerprint density at radius 2 is 1.68 bits per heavy atom. The van der Waals surface area contributed by atoms with Crippen molar-refractivity contribution in [2.75, 3.05) is 31.1 Å². The maximum atomic E-state index is 12.6. The van der Waals surface area contributed by atoms with Gasteiger partial charge in [0.15, 0.2) is 0 Å². The van der Waals surface area contributed by atoms with Gasteiger partial charge in [-0.3, -0.25) is 4.79 Å². The Bertz CT molecular complexity index is 664. The Labute approximate surface area is 145 Å². The molecule has 0 aromatic heterocycles. The first-order chi connectivity index (χ1) is 10.6.